The summed E-state index contributed by atoms with van der Waals surface area (Å²) in [7, 11) is 0. The normalized spacial score (nSPS) is 12.4. The van der Waals surface area contributed by atoms with Crippen molar-refractivity contribution in [1.29, 1.82) is 0 Å². The Bertz CT molecular complexity index is 508. The van der Waals surface area contributed by atoms with Gasteiger partial charge in [0.25, 0.3) is 5.89 Å². The molecule has 1 heterocycles. The molecule has 2 aromatic rings. The lowest BCUT2D eigenvalue weighted by atomic mass is 10.2. The fourth-order valence-electron chi connectivity index (χ4n) is 1.80. The number of hydrogen-bond donors (Lipinski definition) is 1. The third kappa shape index (κ3) is 3.32. The summed E-state index contributed by atoms with van der Waals surface area (Å²) in [6.07, 6.45) is 1.84. The van der Waals surface area contributed by atoms with E-state index in [-0.39, 0.29) is 6.04 Å². The minimum Gasteiger partial charge on any atom is -0.494 e. The molecule has 5 nitrogen and oxygen atoms in total. The summed E-state index contributed by atoms with van der Waals surface area (Å²) in [5.74, 6) is 1.88. The lowest BCUT2D eigenvalue weighted by molar-refractivity contribution is 0.340. The van der Waals surface area contributed by atoms with E-state index in [1.165, 1.54) is 0 Å². The molecule has 2 N–H and O–H groups in total. The number of aromatic nitrogens is 2. The van der Waals surface area contributed by atoms with Crippen LogP contribution in [0.15, 0.2) is 28.8 Å². The molecule has 0 aliphatic heterocycles. The molecule has 0 saturated heterocycles. The topological polar surface area (TPSA) is 74.2 Å². The predicted octanol–water partition coefficient (Wildman–Crippen LogP) is 2.94. The van der Waals surface area contributed by atoms with Crippen LogP contribution in [0, 0.1) is 0 Å². The Labute approximate surface area is 112 Å². The zero-order valence-electron chi connectivity index (χ0n) is 11.3. The Balaban J connectivity index is 2.13. The summed E-state index contributed by atoms with van der Waals surface area (Å²) in [4.78, 5) is 4.33. The average molecular weight is 261 g/mol. The fourth-order valence-corrected chi connectivity index (χ4v) is 1.80. The first-order valence-corrected chi connectivity index (χ1v) is 6.57. The summed E-state index contributed by atoms with van der Waals surface area (Å²) in [5, 5.41) is 3.93. The maximum absolute atomic E-state index is 5.96. The van der Waals surface area contributed by atoms with Crippen LogP contribution in [0.5, 0.6) is 5.75 Å². The summed E-state index contributed by atoms with van der Waals surface area (Å²) in [6, 6.07) is 7.40. The minimum absolute atomic E-state index is 0.162. The van der Waals surface area contributed by atoms with E-state index >= 15 is 0 Å². The van der Waals surface area contributed by atoms with Gasteiger partial charge in [-0.3, -0.25) is 0 Å². The van der Waals surface area contributed by atoms with Gasteiger partial charge >= 0.3 is 0 Å². The van der Waals surface area contributed by atoms with Crippen molar-refractivity contribution in [3.63, 3.8) is 0 Å². The summed E-state index contributed by atoms with van der Waals surface area (Å²) >= 11 is 0. The van der Waals surface area contributed by atoms with Gasteiger partial charge in [0.05, 0.1) is 12.6 Å². The molecule has 0 aliphatic carbocycles. The number of benzene rings is 1. The maximum Gasteiger partial charge on any atom is 0.257 e. The molecule has 1 aromatic heterocycles. The van der Waals surface area contributed by atoms with Gasteiger partial charge in [-0.05, 0) is 37.6 Å². The SMILES string of the molecule is CCCC(N)c1noc(-c2ccc(OCC)cc2)n1. The Morgan fingerprint density at radius 1 is 1.26 bits per heavy atom. The quantitative estimate of drug-likeness (QED) is 0.865. The van der Waals surface area contributed by atoms with Gasteiger partial charge in [0.2, 0.25) is 0 Å². The Morgan fingerprint density at radius 3 is 2.63 bits per heavy atom. The lowest BCUT2D eigenvalue weighted by Crippen LogP contribution is -2.11. The highest BCUT2D eigenvalue weighted by molar-refractivity contribution is 5.54. The Hall–Kier alpha value is -1.88. The first-order chi connectivity index (χ1) is 9.24. The molecule has 0 fully saturated rings. The number of nitrogens with two attached hydrogens (primary N) is 1. The molecule has 102 valence electrons. The van der Waals surface area contributed by atoms with E-state index in [1.807, 2.05) is 31.2 Å². The summed E-state index contributed by atoms with van der Waals surface area (Å²) in [5.41, 5.74) is 6.82. The van der Waals surface area contributed by atoms with Crippen molar-refractivity contribution >= 4 is 0 Å². The molecule has 0 spiro atoms. The Kier molecular flexibility index (Phi) is 4.52. The van der Waals surface area contributed by atoms with Gasteiger partial charge < -0.3 is 15.0 Å². The molecule has 19 heavy (non-hydrogen) atoms. The van der Waals surface area contributed by atoms with Crippen LogP contribution in [-0.2, 0) is 0 Å². The smallest absolute Gasteiger partial charge is 0.257 e. The third-order valence-corrected chi connectivity index (χ3v) is 2.79. The largest absolute Gasteiger partial charge is 0.494 e. The van der Waals surface area contributed by atoms with Crippen LogP contribution in [0.25, 0.3) is 11.5 Å². The molecule has 1 atom stereocenters. The van der Waals surface area contributed by atoms with E-state index in [1.54, 1.807) is 0 Å². The maximum atomic E-state index is 5.96. The van der Waals surface area contributed by atoms with Crippen molar-refractivity contribution in [3.05, 3.63) is 30.1 Å². The second-order valence-corrected chi connectivity index (χ2v) is 4.31. The molecular weight excluding hydrogens is 242 g/mol. The second kappa shape index (κ2) is 6.33. The molecule has 0 bridgehead atoms. The standard InChI is InChI=1S/C14H19N3O2/c1-3-5-12(15)13-16-14(19-17-13)10-6-8-11(9-7-10)18-4-2/h6-9,12H,3-5,15H2,1-2H3. The zero-order chi connectivity index (χ0) is 13.7. The Morgan fingerprint density at radius 2 is 2.00 bits per heavy atom. The second-order valence-electron chi connectivity index (χ2n) is 4.31. The highest BCUT2D eigenvalue weighted by atomic mass is 16.5. The fraction of sp³-hybridized carbons (Fsp3) is 0.429. The highest BCUT2D eigenvalue weighted by Crippen LogP contribution is 2.22. The van der Waals surface area contributed by atoms with Gasteiger partial charge in [-0.15, -0.1) is 0 Å². The predicted molar refractivity (Wildman–Crippen MR) is 72.7 cm³/mol. The highest BCUT2D eigenvalue weighted by Gasteiger charge is 2.14. The van der Waals surface area contributed by atoms with Crippen LogP contribution in [0.1, 0.15) is 38.6 Å². The van der Waals surface area contributed by atoms with Crippen LogP contribution >= 0.6 is 0 Å². The van der Waals surface area contributed by atoms with Gasteiger partial charge in [0.15, 0.2) is 5.82 Å². The van der Waals surface area contributed by atoms with E-state index in [9.17, 15) is 0 Å². The van der Waals surface area contributed by atoms with Crippen LogP contribution in [-0.4, -0.2) is 16.7 Å². The summed E-state index contributed by atoms with van der Waals surface area (Å²) in [6.45, 7) is 4.68. The van der Waals surface area contributed by atoms with Crippen LogP contribution in [0.4, 0.5) is 0 Å². The number of rotatable bonds is 6. The van der Waals surface area contributed by atoms with Crippen molar-refractivity contribution in [2.45, 2.75) is 32.7 Å². The first-order valence-electron chi connectivity index (χ1n) is 6.57. The van der Waals surface area contributed by atoms with Crippen LogP contribution < -0.4 is 10.5 Å². The van der Waals surface area contributed by atoms with Crippen molar-refractivity contribution in [2.75, 3.05) is 6.61 Å². The van der Waals surface area contributed by atoms with Crippen molar-refractivity contribution < 1.29 is 9.26 Å². The van der Waals surface area contributed by atoms with Crippen LogP contribution in [0.2, 0.25) is 0 Å². The van der Waals surface area contributed by atoms with Crippen molar-refractivity contribution in [1.82, 2.24) is 10.1 Å². The number of ether oxygens (including phenoxy) is 1. The minimum atomic E-state index is -0.162. The average Bonchev–Trinajstić information content (AvgIpc) is 2.90. The van der Waals surface area contributed by atoms with Gasteiger partial charge in [-0.25, -0.2) is 0 Å². The third-order valence-electron chi connectivity index (χ3n) is 2.79. The molecule has 0 radical (unpaired) electrons. The zero-order valence-corrected chi connectivity index (χ0v) is 11.3. The van der Waals surface area contributed by atoms with E-state index in [2.05, 4.69) is 17.1 Å². The number of nitrogens with zero attached hydrogens (tertiary/aromatic N) is 2. The van der Waals surface area contributed by atoms with Crippen molar-refractivity contribution in [3.8, 4) is 17.2 Å². The van der Waals surface area contributed by atoms with E-state index in [0.717, 1.165) is 24.2 Å². The molecular formula is C14H19N3O2. The van der Waals surface area contributed by atoms with Crippen LogP contribution in [0.3, 0.4) is 0 Å². The lowest BCUT2D eigenvalue weighted by Gasteiger charge is -2.03. The molecule has 1 unspecified atom stereocenters. The monoisotopic (exact) mass is 261 g/mol. The molecule has 0 aliphatic rings. The molecule has 0 saturated carbocycles. The van der Waals surface area contributed by atoms with E-state index < -0.39 is 0 Å². The van der Waals surface area contributed by atoms with Gasteiger partial charge in [-0.1, -0.05) is 18.5 Å². The summed E-state index contributed by atoms with van der Waals surface area (Å²) < 4.78 is 10.6. The van der Waals surface area contributed by atoms with Gasteiger partial charge in [-0.2, -0.15) is 4.98 Å². The molecule has 0 amide bonds. The first kappa shape index (κ1) is 13.5. The molecule has 5 heteroatoms. The molecule has 2 rings (SSSR count). The van der Waals surface area contributed by atoms with Gasteiger partial charge in [0.1, 0.15) is 5.75 Å². The van der Waals surface area contributed by atoms with E-state index in [4.69, 9.17) is 15.0 Å². The van der Waals surface area contributed by atoms with Gasteiger partial charge in [0, 0.05) is 5.56 Å². The van der Waals surface area contributed by atoms with E-state index in [0.29, 0.717) is 18.3 Å². The number of hydrogen-bond acceptors (Lipinski definition) is 5. The van der Waals surface area contributed by atoms with Crippen molar-refractivity contribution in [2.24, 2.45) is 5.73 Å². The molecule has 1 aromatic carbocycles.